The van der Waals surface area contributed by atoms with E-state index in [0.717, 1.165) is 0 Å². The van der Waals surface area contributed by atoms with Crippen molar-refractivity contribution in [3.8, 4) is 0 Å². The van der Waals surface area contributed by atoms with Crippen LogP contribution in [-0.2, 0) is 15.2 Å². The number of hydrogen-bond donors (Lipinski definition) is 0. The molecule has 1 rings (SSSR count). The number of alkyl halides is 6. The zero-order valence-electron chi connectivity index (χ0n) is 9.06. The molecule has 0 heterocycles. The van der Waals surface area contributed by atoms with Gasteiger partial charge in [0.2, 0.25) is 9.05 Å². The topological polar surface area (TPSA) is 34.1 Å². The highest BCUT2D eigenvalue weighted by Gasteiger charge is 2.52. The lowest BCUT2D eigenvalue weighted by Crippen LogP contribution is -2.28. The summed E-state index contributed by atoms with van der Waals surface area (Å²) in [6, 6.07) is 0.151. The lowest BCUT2D eigenvalue weighted by molar-refractivity contribution is -0.144. The highest BCUT2D eigenvalue weighted by Crippen LogP contribution is 2.45. The van der Waals surface area contributed by atoms with Crippen LogP contribution in [0, 0.1) is 5.82 Å². The van der Waals surface area contributed by atoms with Crippen molar-refractivity contribution in [3.05, 3.63) is 35.1 Å². The molecule has 11 heteroatoms. The van der Waals surface area contributed by atoms with E-state index in [1.807, 2.05) is 0 Å². The molecule has 0 aliphatic rings. The molecule has 0 saturated carbocycles. The van der Waals surface area contributed by atoms with E-state index < -0.39 is 43.6 Å². The molecule has 0 saturated heterocycles. The van der Waals surface area contributed by atoms with E-state index in [1.54, 1.807) is 0 Å². The monoisotopic (exact) mass is 344 g/mol. The standard InChI is InChI=1S/C9H4ClF7O2S/c10-20(18,19)7(9(15,16)17)5-2-1-4(11)3-6(5)8(12,13)14/h1-3,7H. The Morgan fingerprint density at radius 3 is 1.90 bits per heavy atom. The van der Waals surface area contributed by atoms with Crippen LogP contribution in [0.15, 0.2) is 18.2 Å². The summed E-state index contributed by atoms with van der Waals surface area (Å²) in [5, 5.41) is -3.60. The highest BCUT2D eigenvalue weighted by atomic mass is 35.7. The van der Waals surface area contributed by atoms with E-state index in [2.05, 4.69) is 10.7 Å². The molecule has 1 aromatic carbocycles. The Kier molecular flexibility index (Phi) is 4.31. The number of rotatable bonds is 2. The van der Waals surface area contributed by atoms with E-state index >= 15 is 0 Å². The predicted octanol–water partition coefficient (Wildman–Crippen LogP) is 4.02. The summed E-state index contributed by atoms with van der Waals surface area (Å²) in [6.07, 6.45) is -11.0. The first-order valence-corrected chi connectivity index (χ1v) is 6.98. The van der Waals surface area contributed by atoms with Gasteiger partial charge in [0.1, 0.15) is 5.82 Å². The van der Waals surface area contributed by atoms with Crippen LogP contribution < -0.4 is 0 Å². The average Bonchev–Trinajstić information content (AvgIpc) is 2.14. The van der Waals surface area contributed by atoms with Crippen molar-refractivity contribution in [2.24, 2.45) is 0 Å². The van der Waals surface area contributed by atoms with Crippen LogP contribution in [0.3, 0.4) is 0 Å². The van der Waals surface area contributed by atoms with Crippen molar-refractivity contribution < 1.29 is 39.2 Å². The van der Waals surface area contributed by atoms with E-state index in [4.69, 9.17) is 0 Å². The molecule has 0 N–H and O–H groups in total. The van der Waals surface area contributed by atoms with Crippen LogP contribution in [0.4, 0.5) is 30.7 Å². The lowest BCUT2D eigenvalue weighted by atomic mass is 10.0. The van der Waals surface area contributed by atoms with Gasteiger partial charge in [-0.05, 0) is 17.7 Å². The predicted molar refractivity (Wildman–Crippen MR) is 55.0 cm³/mol. The molecule has 0 amide bonds. The van der Waals surface area contributed by atoms with Crippen LogP contribution in [0.5, 0.6) is 0 Å². The molecule has 0 aromatic heterocycles. The van der Waals surface area contributed by atoms with E-state index in [-0.39, 0.29) is 18.2 Å². The third-order valence-corrected chi connectivity index (χ3v) is 3.80. The molecule has 0 spiro atoms. The summed E-state index contributed by atoms with van der Waals surface area (Å²) in [4.78, 5) is 0. The van der Waals surface area contributed by atoms with Crippen molar-refractivity contribution in [3.63, 3.8) is 0 Å². The molecule has 1 unspecified atom stereocenters. The first-order chi connectivity index (χ1) is 8.74. The fourth-order valence-electron chi connectivity index (χ4n) is 1.49. The maximum atomic E-state index is 12.8. The third-order valence-electron chi connectivity index (χ3n) is 2.18. The molecule has 1 atom stereocenters. The molecule has 2 nitrogen and oxygen atoms in total. The zero-order chi connectivity index (χ0) is 15.9. The molecule has 114 valence electrons. The molecule has 0 bridgehead atoms. The molecular weight excluding hydrogens is 341 g/mol. The van der Waals surface area contributed by atoms with Crippen molar-refractivity contribution in [1.29, 1.82) is 0 Å². The molecule has 20 heavy (non-hydrogen) atoms. The normalized spacial score (nSPS) is 15.2. The average molecular weight is 345 g/mol. The van der Waals surface area contributed by atoms with Crippen LogP contribution in [0.25, 0.3) is 0 Å². The summed E-state index contributed by atoms with van der Waals surface area (Å²) < 4.78 is 110. The van der Waals surface area contributed by atoms with Crippen LogP contribution in [0.2, 0.25) is 0 Å². The van der Waals surface area contributed by atoms with Crippen molar-refractivity contribution in [1.82, 2.24) is 0 Å². The first-order valence-electron chi connectivity index (χ1n) is 4.61. The first kappa shape index (κ1) is 17.0. The Morgan fingerprint density at radius 2 is 1.55 bits per heavy atom. The minimum Gasteiger partial charge on any atom is -0.211 e. The largest absolute Gasteiger partial charge is 0.416 e. The minimum atomic E-state index is -5.58. The fraction of sp³-hybridized carbons (Fsp3) is 0.333. The molecule has 0 fully saturated rings. The van der Waals surface area contributed by atoms with Gasteiger partial charge in [-0.1, -0.05) is 6.07 Å². The Hall–Kier alpha value is -1.03. The fourth-order valence-corrected chi connectivity index (χ4v) is 2.91. The summed E-state index contributed by atoms with van der Waals surface area (Å²) in [5.74, 6) is -1.46. The molecule has 0 aliphatic carbocycles. The number of halogens is 8. The van der Waals surface area contributed by atoms with E-state index in [1.165, 1.54) is 0 Å². The second kappa shape index (κ2) is 5.06. The summed E-state index contributed by atoms with van der Waals surface area (Å²) in [5.41, 5.74) is -3.73. The van der Waals surface area contributed by atoms with Crippen LogP contribution in [-0.4, -0.2) is 14.6 Å². The maximum absolute atomic E-state index is 12.8. The van der Waals surface area contributed by atoms with Gasteiger partial charge in [-0.15, -0.1) is 0 Å². The van der Waals surface area contributed by atoms with Crippen molar-refractivity contribution in [2.45, 2.75) is 17.6 Å². The van der Waals surface area contributed by atoms with Crippen molar-refractivity contribution >= 4 is 19.7 Å². The van der Waals surface area contributed by atoms with Gasteiger partial charge < -0.3 is 0 Å². The van der Waals surface area contributed by atoms with Gasteiger partial charge in [-0.3, -0.25) is 0 Å². The smallest absolute Gasteiger partial charge is 0.211 e. The van der Waals surface area contributed by atoms with Crippen molar-refractivity contribution in [2.75, 3.05) is 0 Å². The Balaban J connectivity index is 3.67. The molecule has 0 radical (unpaired) electrons. The SMILES string of the molecule is O=S(=O)(Cl)C(c1ccc(F)cc1C(F)(F)F)C(F)(F)F. The molecular formula is C9H4ClF7O2S. The Labute approximate surface area is 112 Å². The van der Waals surface area contributed by atoms with Crippen LogP contribution >= 0.6 is 10.7 Å². The highest BCUT2D eigenvalue weighted by molar-refractivity contribution is 8.14. The maximum Gasteiger partial charge on any atom is 0.416 e. The summed E-state index contributed by atoms with van der Waals surface area (Å²) in [6.45, 7) is 0. The Morgan fingerprint density at radius 1 is 1.05 bits per heavy atom. The Bertz CT molecular complexity index is 606. The van der Waals surface area contributed by atoms with E-state index in [0.29, 0.717) is 0 Å². The second-order valence-corrected chi connectivity index (χ2v) is 6.34. The van der Waals surface area contributed by atoms with Gasteiger partial charge in [0.15, 0.2) is 5.25 Å². The van der Waals surface area contributed by atoms with Gasteiger partial charge in [-0.2, -0.15) is 26.3 Å². The van der Waals surface area contributed by atoms with Gasteiger partial charge in [0, 0.05) is 10.7 Å². The number of hydrogen-bond acceptors (Lipinski definition) is 2. The third kappa shape index (κ3) is 3.75. The lowest BCUT2D eigenvalue weighted by Gasteiger charge is -2.21. The van der Waals surface area contributed by atoms with Gasteiger partial charge >= 0.3 is 12.4 Å². The van der Waals surface area contributed by atoms with Gasteiger partial charge in [-0.25, -0.2) is 12.8 Å². The van der Waals surface area contributed by atoms with Gasteiger partial charge in [0.25, 0.3) is 0 Å². The van der Waals surface area contributed by atoms with E-state index in [9.17, 15) is 39.2 Å². The molecule has 0 aliphatic heterocycles. The van der Waals surface area contributed by atoms with Crippen LogP contribution in [0.1, 0.15) is 16.4 Å². The summed E-state index contributed by atoms with van der Waals surface area (Å²) in [7, 11) is -0.875. The minimum absolute atomic E-state index is 0.0935. The van der Waals surface area contributed by atoms with Gasteiger partial charge in [0.05, 0.1) is 5.56 Å². The molecule has 1 aromatic rings. The quantitative estimate of drug-likeness (QED) is 0.600. The number of benzene rings is 1. The summed E-state index contributed by atoms with van der Waals surface area (Å²) >= 11 is 0. The zero-order valence-corrected chi connectivity index (χ0v) is 10.6. The second-order valence-electron chi connectivity index (χ2n) is 3.63.